The maximum atomic E-state index is 5.65. The monoisotopic (exact) mass is 342 g/mol. The molecule has 1 aromatic carbocycles. The van der Waals surface area contributed by atoms with Crippen molar-refractivity contribution in [3.63, 3.8) is 0 Å². The zero-order chi connectivity index (χ0) is 18.5. The number of unbranched alkanes of at least 4 members (excludes halogenated alkanes) is 2. The van der Waals surface area contributed by atoms with Gasteiger partial charge in [-0.3, -0.25) is 0 Å². The number of hydrogen-bond acceptors (Lipinski definition) is 2. The first-order valence-electron chi connectivity index (χ1n) is 9.41. The third-order valence-corrected chi connectivity index (χ3v) is 4.60. The molecule has 2 nitrogen and oxygen atoms in total. The van der Waals surface area contributed by atoms with Gasteiger partial charge in [0.05, 0.1) is 6.10 Å². The largest absolute Gasteiger partial charge is 0.381 e. The number of allylic oxidation sites excluding steroid dienone is 1. The van der Waals surface area contributed by atoms with Crippen LogP contribution in [0.3, 0.4) is 0 Å². The summed E-state index contributed by atoms with van der Waals surface area (Å²) in [6.45, 7) is 8.22. The van der Waals surface area contributed by atoms with E-state index in [9.17, 15) is 0 Å². The normalized spacial score (nSPS) is 13.0. The Bertz CT molecular complexity index is 565. The molecule has 0 aliphatic rings. The van der Waals surface area contributed by atoms with Gasteiger partial charge in [0.25, 0.3) is 0 Å². The Morgan fingerprint density at radius 1 is 1.16 bits per heavy atom. The molecule has 0 radical (unpaired) electrons. The van der Waals surface area contributed by atoms with Gasteiger partial charge in [0, 0.05) is 20.6 Å². The Morgan fingerprint density at radius 3 is 2.60 bits per heavy atom. The minimum absolute atomic E-state index is 0.184. The number of hydrogen-bond donors (Lipinski definition) is 0. The number of aryl methyl sites for hydroxylation is 1. The molecule has 2 atom stereocenters. The van der Waals surface area contributed by atoms with Gasteiger partial charge in [-0.25, -0.2) is 0 Å². The van der Waals surface area contributed by atoms with Crippen LogP contribution in [0.15, 0.2) is 30.9 Å². The van der Waals surface area contributed by atoms with Gasteiger partial charge in [-0.1, -0.05) is 56.4 Å². The van der Waals surface area contributed by atoms with Crippen molar-refractivity contribution in [1.82, 2.24) is 0 Å². The fraction of sp³-hybridized carbons (Fsp3) is 0.565. The van der Waals surface area contributed by atoms with Gasteiger partial charge in [-0.05, 0) is 42.9 Å². The lowest BCUT2D eigenvalue weighted by Gasteiger charge is -2.16. The Morgan fingerprint density at radius 2 is 1.96 bits per heavy atom. The Hall–Kier alpha value is -1.56. The van der Waals surface area contributed by atoms with E-state index < -0.39 is 0 Å². The third kappa shape index (κ3) is 7.46. The number of methoxy groups -OCH3 is 2. The summed E-state index contributed by atoms with van der Waals surface area (Å²) >= 11 is 0. The molecule has 0 fully saturated rings. The van der Waals surface area contributed by atoms with Gasteiger partial charge in [0.2, 0.25) is 0 Å². The fourth-order valence-electron chi connectivity index (χ4n) is 3.06. The van der Waals surface area contributed by atoms with Crippen LogP contribution < -0.4 is 0 Å². The molecule has 0 saturated carbocycles. The summed E-state index contributed by atoms with van der Waals surface area (Å²) in [7, 11) is 3.53. The average Bonchev–Trinajstić information content (AvgIpc) is 2.62. The van der Waals surface area contributed by atoms with Crippen molar-refractivity contribution < 1.29 is 9.47 Å². The predicted molar refractivity (Wildman–Crippen MR) is 107 cm³/mol. The Labute approximate surface area is 154 Å². The molecule has 1 rings (SSSR count). The van der Waals surface area contributed by atoms with Crippen molar-refractivity contribution in [2.45, 2.75) is 71.0 Å². The summed E-state index contributed by atoms with van der Waals surface area (Å²) in [5.41, 5.74) is 3.69. The van der Waals surface area contributed by atoms with Crippen LogP contribution in [0.1, 0.15) is 68.2 Å². The van der Waals surface area contributed by atoms with Gasteiger partial charge < -0.3 is 9.47 Å². The van der Waals surface area contributed by atoms with Gasteiger partial charge in [0.1, 0.15) is 6.10 Å². The quantitative estimate of drug-likeness (QED) is 0.288. The molecule has 0 unspecified atom stereocenters. The zero-order valence-corrected chi connectivity index (χ0v) is 16.4. The van der Waals surface area contributed by atoms with Gasteiger partial charge >= 0.3 is 0 Å². The molecule has 0 aliphatic carbocycles. The highest BCUT2D eigenvalue weighted by molar-refractivity contribution is 5.40. The van der Waals surface area contributed by atoms with E-state index in [1.165, 1.54) is 30.4 Å². The number of ether oxygens (including phenoxy) is 2. The lowest BCUT2D eigenvalue weighted by Crippen LogP contribution is -2.10. The molecule has 2 heteroatoms. The molecule has 0 bridgehead atoms. The molecule has 138 valence electrons. The minimum Gasteiger partial charge on any atom is -0.381 e. The zero-order valence-electron chi connectivity index (χ0n) is 16.4. The Kier molecular flexibility index (Phi) is 11.0. The van der Waals surface area contributed by atoms with Gasteiger partial charge in [-0.15, -0.1) is 12.5 Å². The van der Waals surface area contributed by atoms with E-state index in [1.807, 2.05) is 6.08 Å². The van der Waals surface area contributed by atoms with Crippen LogP contribution in [0, 0.1) is 18.8 Å². The molecule has 0 saturated heterocycles. The molecule has 0 amide bonds. The van der Waals surface area contributed by atoms with E-state index in [2.05, 4.69) is 50.5 Å². The summed E-state index contributed by atoms with van der Waals surface area (Å²) in [5.74, 6) is 6.59. The molecular weight excluding hydrogens is 308 g/mol. The summed E-state index contributed by atoms with van der Waals surface area (Å²) in [6.07, 6.45) is 9.61. The van der Waals surface area contributed by atoms with E-state index >= 15 is 0 Å². The van der Waals surface area contributed by atoms with Crippen LogP contribution in [-0.4, -0.2) is 20.3 Å². The maximum Gasteiger partial charge on any atom is 0.143 e. The second kappa shape index (κ2) is 12.8. The van der Waals surface area contributed by atoms with Crippen LogP contribution in [0.25, 0.3) is 0 Å². The molecule has 0 aromatic heterocycles. The highest BCUT2D eigenvalue weighted by Gasteiger charge is 2.13. The first-order valence-corrected chi connectivity index (χ1v) is 9.41. The SMILES string of the molecule is C=CCc1c(C)cccc1[C@H](C#CCC[C@H](CCCCC)OC)OC. The van der Waals surface area contributed by atoms with Crippen molar-refractivity contribution in [1.29, 1.82) is 0 Å². The second-order valence-electron chi connectivity index (χ2n) is 6.46. The highest BCUT2D eigenvalue weighted by atomic mass is 16.5. The second-order valence-corrected chi connectivity index (χ2v) is 6.46. The number of rotatable bonds is 11. The fourth-order valence-corrected chi connectivity index (χ4v) is 3.06. The van der Waals surface area contributed by atoms with Crippen LogP contribution in [0.2, 0.25) is 0 Å². The average molecular weight is 343 g/mol. The van der Waals surface area contributed by atoms with E-state index in [0.29, 0.717) is 6.10 Å². The molecular formula is C23H34O2. The summed E-state index contributed by atoms with van der Waals surface area (Å²) in [6, 6.07) is 6.30. The lowest BCUT2D eigenvalue weighted by atomic mass is 9.95. The minimum atomic E-state index is -0.184. The van der Waals surface area contributed by atoms with Crippen molar-refractivity contribution in [3.8, 4) is 11.8 Å². The molecule has 25 heavy (non-hydrogen) atoms. The van der Waals surface area contributed by atoms with Crippen LogP contribution in [0.5, 0.6) is 0 Å². The maximum absolute atomic E-state index is 5.65. The molecule has 0 heterocycles. The van der Waals surface area contributed by atoms with E-state index in [4.69, 9.17) is 9.47 Å². The predicted octanol–water partition coefficient (Wildman–Crippen LogP) is 5.79. The van der Waals surface area contributed by atoms with Crippen LogP contribution in [0.4, 0.5) is 0 Å². The first-order chi connectivity index (χ1) is 12.2. The molecule has 0 spiro atoms. The third-order valence-electron chi connectivity index (χ3n) is 4.60. The lowest BCUT2D eigenvalue weighted by molar-refractivity contribution is 0.0869. The van der Waals surface area contributed by atoms with Crippen molar-refractivity contribution >= 4 is 0 Å². The van der Waals surface area contributed by atoms with E-state index in [1.54, 1.807) is 14.2 Å². The molecule has 0 N–H and O–H groups in total. The number of benzene rings is 1. The summed E-state index contributed by atoms with van der Waals surface area (Å²) in [5, 5.41) is 0. The smallest absolute Gasteiger partial charge is 0.143 e. The molecule has 1 aromatic rings. The van der Waals surface area contributed by atoms with Crippen LogP contribution in [-0.2, 0) is 15.9 Å². The molecule has 0 aliphatic heterocycles. The summed E-state index contributed by atoms with van der Waals surface area (Å²) < 4.78 is 11.2. The van der Waals surface area contributed by atoms with E-state index in [-0.39, 0.29) is 6.10 Å². The summed E-state index contributed by atoms with van der Waals surface area (Å²) in [4.78, 5) is 0. The van der Waals surface area contributed by atoms with Crippen molar-refractivity contribution in [3.05, 3.63) is 47.5 Å². The van der Waals surface area contributed by atoms with Crippen molar-refractivity contribution in [2.24, 2.45) is 0 Å². The highest BCUT2D eigenvalue weighted by Crippen LogP contribution is 2.24. The van der Waals surface area contributed by atoms with Gasteiger partial charge in [0.15, 0.2) is 0 Å². The topological polar surface area (TPSA) is 18.5 Å². The van der Waals surface area contributed by atoms with Crippen molar-refractivity contribution in [2.75, 3.05) is 14.2 Å². The van der Waals surface area contributed by atoms with E-state index in [0.717, 1.165) is 31.2 Å². The van der Waals surface area contributed by atoms with Gasteiger partial charge in [-0.2, -0.15) is 0 Å². The first kappa shape index (κ1) is 21.5. The van der Waals surface area contributed by atoms with Crippen LogP contribution >= 0.6 is 0 Å². The standard InChI is InChI=1S/C23H34O2/c1-6-8-9-15-20(24-4)16-10-11-18-23(25-5)22-17-12-14-19(3)21(22)13-7-2/h7,12,14,17,20,23H,2,6,8-10,13,15-16H2,1,3-5H3/t20-,23-/m0/s1. The Balaban J connectivity index is 2.70.